The molecule has 0 bridgehead atoms. The van der Waals surface area contributed by atoms with Gasteiger partial charge in [0.2, 0.25) is 10.0 Å². The molecule has 0 aromatic carbocycles. The zero-order valence-electron chi connectivity index (χ0n) is 9.97. The van der Waals surface area contributed by atoms with Crippen molar-refractivity contribution in [1.82, 2.24) is 9.62 Å². The Morgan fingerprint density at radius 2 is 2.19 bits per heavy atom. The van der Waals surface area contributed by atoms with E-state index in [0.717, 1.165) is 19.4 Å². The van der Waals surface area contributed by atoms with Gasteiger partial charge in [-0.05, 0) is 40.3 Å². The average Bonchev–Trinajstić information content (AvgIpc) is 2.22. The monoisotopic (exact) mass is 245 g/mol. The summed E-state index contributed by atoms with van der Waals surface area (Å²) in [5.74, 6) is 0. The molecule has 0 aliphatic carbocycles. The molecular formula is C10H19N3O2S. The fourth-order valence-corrected chi connectivity index (χ4v) is 2.82. The maximum Gasteiger partial charge on any atom is 0.227 e. The molecule has 1 fully saturated rings. The number of nitrogens with one attached hydrogen (secondary N) is 1. The van der Waals surface area contributed by atoms with Crippen LogP contribution in [0.25, 0.3) is 0 Å². The Morgan fingerprint density at radius 1 is 1.56 bits per heavy atom. The fourth-order valence-electron chi connectivity index (χ4n) is 1.80. The van der Waals surface area contributed by atoms with Crippen LogP contribution in [0.15, 0.2) is 0 Å². The van der Waals surface area contributed by atoms with Gasteiger partial charge in [-0.3, -0.25) is 0 Å². The number of likely N-dealkylation sites (tertiary alicyclic amines) is 1. The van der Waals surface area contributed by atoms with Crippen LogP contribution in [0.5, 0.6) is 0 Å². The fraction of sp³-hybridized carbons (Fsp3) is 0.900. The van der Waals surface area contributed by atoms with Gasteiger partial charge < -0.3 is 4.90 Å². The number of hydrogen-bond donors (Lipinski definition) is 1. The van der Waals surface area contributed by atoms with Crippen molar-refractivity contribution in [3.63, 3.8) is 0 Å². The first-order valence-electron chi connectivity index (χ1n) is 5.48. The summed E-state index contributed by atoms with van der Waals surface area (Å²) >= 11 is 0. The number of nitriles is 1. The van der Waals surface area contributed by atoms with Crippen LogP contribution in [0, 0.1) is 11.3 Å². The molecule has 1 aliphatic heterocycles. The van der Waals surface area contributed by atoms with E-state index in [1.807, 2.05) is 7.05 Å². The molecule has 16 heavy (non-hydrogen) atoms. The Hall–Kier alpha value is -0.640. The lowest BCUT2D eigenvalue weighted by molar-refractivity contribution is 0.178. The molecule has 5 nitrogen and oxygen atoms in total. The van der Waals surface area contributed by atoms with Gasteiger partial charge in [0.15, 0.2) is 5.25 Å². The number of hydrogen-bond acceptors (Lipinski definition) is 4. The lowest BCUT2D eigenvalue weighted by Gasteiger charge is -2.35. The lowest BCUT2D eigenvalue weighted by Crippen LogP contribution is -2.48. The molecule has 1 heterocycles. The SMILES string of the molecule is CC1CC(NS(=O)(=O)C(C)C#N)CCN1C. The summed E-state index contributed by atoms with van der Waals surface area (Å²) in [5, 5.41) is 7.63. The van der Waals surface area contributed by atoms with E-state index in [4.69, 9.17) is 5.26 Å². The van der Waals surface area contributed by atoms with E-state index in [9.17, 15) is 8.42 Å². The number of nitrogens with zero attached hydrogens (tertiary/aromatic N) is 2. The highest BCUT2D eigenvalue weighted by atomic mass is 32.2. The second-order valence-electron chi connectivity index (χ2n) is 4.49. The van der Waals surface area contributed by atoms with Gasteiger partial charge >= 0.3 is 0 Å². The van der Waals surface area contributed by atoms with Crippen molar-refractivity contribution in [2.75, 3.05) is 13.6 Å². The third-order valence-corrected chi connectivity index (χ3v) is 4.88. The third kappa shape index (κ3) is 3.17. The van der Waals surface area contributed by atoms with Crippen molar-refractivity contribution in [1.29, 1.82) is 5.26 Å². The van der Waals surface area contributed by atoms with Crippen molar-refractivity contribution < 1.29 is 8.42 Å². The molecule has 0 amide bonds. The second kappa shape index (κ2) is 5.13. The maximum absolute atomic E-state index is 11.7. The van der Waals surface area contributed by atoms with Crippen molar-refractivity contribution in [2.24, 2.45) is 0 Å². The molecule has 92 valence electrons. The standard InChI is InChI=1S/C10H19N3O2S/c1-8-6-10(4-5-13(8)3)12-16(14,15)9(2)7-11/h8-10,12H,4-6H2,1-3H3. The summed E-state index contributed by atoms with van der Waals surface area (Å²) in [4.78, 5) is 2.21. The predicted molar refractivity (Wildman–Crippen MR) is 62.2 cm³/mol. The molecule has 0 saturated carbocycles. The van der Waals surface area contributed by atoms with E-state index < -0.39 is 15.3 Å². The van der Waals surface area contributed by atoms with Gasteiger partial charge in [0.05, 0.1) is 6.07 Å². The third-order valence-electron chi connectivity index (χ3n) is 3.19. The van der Waals surface area contributed by atoms with Crippen LogP contribution in [0.3, 0.4) is 0 Å². The number of rotatable bonds is 3. The molecule has 1 rings (SSSR count). The molecule has 1 N–H and O–H groups in total. The van der Waals surface area contributed by atoms with Gasteiger partial charge in [-0.2, -0.15) is 5.26 Å². The number of sulfonamides is 1. The van der Waals surface area contributed by atoms with Crippen LogP contribution in [0.4, 0.5) is 0 Å². The van der Waals surface area contributed by atoms with Gasteiger partial charge in [-0.25, -0.2) is 13.1 Å². The largest absolute Gasteiger partial charge is 0.304 e. The zero-order chi connectivity index (χ0) is 12.3. The van der Waals surface area contributed by atoms with E-state index in [0.29, 0.717) is 6.04 Å². The van der Waals surface area contributed by atoms with Gasteiger partial charge in [-0.1, -0.05) is 0 Å². The minimum atomic E-state index is -3.48. The van der Waals surface area contributed by atoms with Gasteiger partial charge in [-0.15, -0.1) is 0 Å². The molecule has 3 unspecified atom stereocenters. The Balaban J connectivity index is 2.60. The summed E-state index contributed by atoms with van der Waals surface area (Å²) in [5.41, 5.74) is 0. The molecule has 6 heteroatoms. The van der Waals surface area contributed by atoms with Crippen LogP contribution in [0.1, 0.15) is 26.7 Å². The Bertz CT molecular complexity index is 374. The highest BCUT2D eigenvalue weighted by molar-refractivity contribution is 7.90. The summed E-state index contributed by atoms with van der Waals surface area (Å²) in [6, 6.07) is 2.09. The van der Waals surface area contributed by atoms with E-state index >= 15 is 0 Å². The van der Waals surface area contributed by atoms with Gasteiger partial charge in [0.25, 0.3) is 0 Å². The quantitative estimate of drug-likeness (QED) is 0.776. The highest BCUT2D eigenvalue weighted by Crippen LogP contribution is 2.16. The lowest BCUT2D eigenvalue weighted by atomic mass is 10.0. The highest BCUT2D eigenvalue weighted by Gasteiger charge is 2.28. The minimum absolute atomic E-state index is 0.0352. The van der Waals surface area contributed by atoms with Crippen molar-refractivity contribution in [3.05, 3.63) is 0 Å². The Morgan fingerprint density at radius 3 is 2.69 bits per heavy atom. The molecule has 0 radical (unpaired) electrons. The first-order valence-corrected chi connectivity index (χ1v) is 7.02. The van der Waals surface area contributed by atoms with Crippen molar-refractivity contribution in [3.8, 4) is 6.07 Å². The average molecular weight is 245 g/mol. The maximum atomic E-state index is 11.7. The van der Waals surface area contributed by atoms with E-state index in [1.165, 1.54) is 6.92 Å². The molecule has 0 spiro atoms. The molecule has 1 saturated heterocycles. The second-order valence-corrected chi connectivity index (χ2v) is 6.52. The van der Waals surface area contributed by atoms with Gasteiger partial charge in [0, 0.05) is 12.1 Å². The van der Waals surface area contributed by atoms with E-state index in [2.05, 4.69) is 16.5 Å². The summed E-state index contributed by atoms with van der Waals surface area (Å²) in [6.45, 7) is 4.37. The first kappa shape index (κ1) is 13.4. The van der Waals surface area contributed by atoms with Gasteiger partial charge in [0.1, 0.15) is 0 Å². The van der Waals surface area contributed by atoms with E-state index in [1.54, 1.807) is 6.07 Å². The molecule has 3 atom stereocenters. The van der Waals surface area contributed by atoms with Crippen LogP contribution in [-0.4, -0.2) is 44.2 Å². The minimum Gasteiger partial charge on any atom is -0.304 e. The van der Waals surface area contributed by atoms with Crippen LogP contribution in [0.2, 0.25) is 0 Å². The Labute approximate surface area is 97.5 Å². The smallest absolute Gasteiger partial charge is 0.227 e. The van der Waals surface area contributed by atoms with E-state index in [-0.39, 0.29) is 6.04 Å². The van der Waals surface area contributed by atoms with Crippen molar-refractivity contribution >= 4 is 10.0 Å². The Kier molecular flexibility index (Phi) is 4.30. The zero-order valence-corrected chi connectivity index (χ0v) is 10.8. The normalized spacial score (nSPS) is 29.6. The first-order chi connectivity index (χ1) is 7.36. The molecule has 1 aliphatic rings. The summed E-state index contributed by atoms with van der Waals surface area (Å²) < 4.78 is 26.0. The summed E-state index contributed by atoms with van der Waals surface area (Å²) in [7, 11) is -1.45. The molecule has 0 aromatic heterocycles. The number of piperidine rings is 1. The van der Waals surface area contributed by atoms with Crippen molar-refractivity contribution in [2.45, 2.75) is 44.0 Å². The molecular weight excluding hydrogens is 226 g/mol. The van der Waals surface area contributed by atoms with Crippen LogP contribution in [-0.2, 0) is 10.0 Å². The summed E-state index contributed by atoms with van der Waals surface area (Å²) in [6.07, 6.45) is 1.60. The van der Waals surface area contributed by atoms with Crippen LogP contribution < -0.4 is 4.72 Å². The predicted octanol–water partition coefficient (Wildman–Crippen LogP) is 0.301. The van der Waals surface area contributed by atoms with Crippen LogP contribution >= 0.6 is 0 Å². The molecule has 0 aromatic rings. The topological polar surface area (TPSA) is 73.2 Å².